The van der Waals surface area contributed by atoms with E-state index in [2.05, 4.69) is 58.9 Å². The van der Waals surface area contributed by atoms with Gasteiger partial charge in [-0.15, -0.1) is 0 Å². The van der Waals surface area contributed by atoms with Gasteiger partial charge in [0.25, 0.3) is 0 Å². The van der Waals surface area contributed by atoms with Gasteiger partial charge in [0, 0.05) is 20.0 Å². The highest BCUT2D eigenvalue weighted by molar-refractivity contribution is 5.78. The van der Waals surface area contributed by atoms with Crippen LogP contribution in [0.5, 0.6) is 0 Å². The van der Waals surface area contributed by atoms with E-state index in [4.69, 9.17) is 4.74 Å². The van der Waals surface area contributed by atoms with E-state index in [1.54, 1.807) is 7.11 Å². The van der Waals surface area contributed by atoms with E-state index >= 15 is 0 Å². The Kier molecular flexibility index (Phi) is 15.9. The molecule has 0 N–H and O–H groups in total. The Morgan fingerprint density at radius 1 is 0.630 bits per heavy atom. The fourth-order valence-electron chi connectivity index (χ4n) is 2.81. The van der Waals surface area contributed by atoms with Crippen LogP contribution in [-0.4, -0.2) is 19.5 Å². The molecule has 0 aromatic heterocycles. The molecule has 0 heterocycles. The van der Waals surface area contributed by atoms with Crippen molar-refractivity contribution in [3.63, 3.8) is 0 Å². The van der Waals surface area contributed by atoms with Gasteiger partial charge in [-0.1, -0.05) is 46.6 Å². The Morgan fingerprint density at radius 3 is 1.44 bits per heavy atom. The maximum Gasteiger partial charge on any atom is 0.135 e. The molecule has 0 radical (unpaired) electrons. The molecule has 0 saturated carbocycles. The standard InChI is InChI=1S/C25H42O2/c1-21(2)11-7-12-22(3)13-8-14-23(4)15-9-16-24(5)17-10-18-25(26)19-20-27-6/h11,13,15,17H,7-10,12,14,16,18-20H2,1-6H3/b22-13+,23-15+,24-17+. The summed E-state index contributed by atoms with van der Waals surface area (Å²) < 4.78 is 4.93. The first-order chi connectivity index (χ1) is 12.8. The van der Waals surface area contributed by atoms with Crippen LogP contribution in [-0.2, 0) is 9.53 Å². The highest BCUT2D eigenvalue weighted by Crippen LogP contribution is 2.14. The van der Waals surface area contributed by atoms with Gasteiger partial charge in [0.15, 0.2) is 0 Å². The molecule has 154 valence electrons. The number of Topliss-reactive ketones (excluding diaryl/α,β-unsaturated/α-hetero) is 1. The minimum atomic E-state index is 0.292. The Labute approximate surface area is 168 Å². The third-order valence-corrected chi connectivity index (χ3v) is 4.66. The molecule has 2 heteroatoms. The number of ketones is 1. The number of carbonyl (C=O) groups excluding carboxylic acids is 1. The number of hydrogen-bond donors (Lipinski definition) is 0. The zero-order valence-electron chi connectivity index (χ0n) is 18.7. The van der Waals surface area contributed by atoms with Crippen LogP contribution in [0.2, 0.25) is 0 Å². The molecule has 0 aliphatic rings. The van der Waals surface area contributed by atoms with E-state index in [-0.39, 0.29) is 0 Å². The van der Waals surface area contributed by atoms with Gasteiger partial charge in [0.1, 0.15) is 5.78 Å². The molecule has 0 aliphatic carbocycles. The van der Waals surface area contributed by atoms with Gasteiger partial charge in [0.05, 0.1) is 6.61 Å². The summed E-state index contributed by atoms with van der Waals surface area (Å²) in [5.74, 6) is 0.292. The second-order valence-corrected chi connectivity index (χ2v) is 7.87. The molecule has 0 atom stereocenters. The lowest BCUT2D eigenvalue weighted by Gasteiger charge is -2.03. The van der Waals surface area contributed by atoms with Gasteiger partial charge in [-0.25, -0.2) is 0 Å². The zero-order chi connectivity index (χ0) is 20.5. The molecule has 0 bridgehead atoms. The average Bonchev–Trinajstić information content (AvgIpc) is 2.59. The van der Waals surface area contributed by atoms with Crippen LogP contribution in [0.15, 0.2) is 46.6 Å². The second kappa shape index (κ2) is 16.7. The van der Waals surface area contributed by atoms with Crippen LogP contribution >= 0.6 is 0 Å². The van der Waals surface area contributed by atoms with Crippen molar-refractivity contribution in [2.45, 2.75) is 92.4 Å². The van der Waals surface area contributed by atoms with Crippen molar-refractivity contribution >= 4 is 5.78 Å². The quantitative estimate of drug-likeness (QED) is 0.277. The van der Waals surface area contributed by atoms with Gasteiger partial charge in [0.2, 0.25) is 0 Å². The third-order valence-electron chi connectivity index (χ3n) is 4.66. The average molecular weight is 375 g/mol. The van der Waals surface area contributed by atoms with Gasteiger partial charge in [-0.05, 0) is 79.6 Å². The largest absolute Gasteiger partial charge is 0.384 e. The maximum absolute atomic E-state index is 11.6. The van der Waals surface area contributed by atoms with E-state index in [1.807, 2.05) is 0 Å². The van der Waals surface area contributed by atoms with Gasteiger partial charge in [-0.2, -0.15) is 0 Å². The Morgan fingerprint density at radius 2 is 1.04 bits per heavy atom. The first-order valence-electron chi connectivity index (χ1n) is 10.5. The smallest absolute Gasteiger partial charge is 0.135 e. The summed E-state index contributed by atoms with van der Waals surface area (Å²) in [6, 6.07) is 0. The predicted molar refractivity (Wildman–Crippen MR) is 119 cm³/mol. The summed E-state index contributed by atoms with van der Waals surface area (Å²) in [4.78, 5) is 11.6. The summed E-state index contributed by atoms with van der Waals surface area (Å²) in [5.41, 5.74) is 5.77. The molecular weight excluding hydrogens is 332 g/mol. The molecule has 0 spiro atoms. The lowest BCUT2D eigenvalue weighted by Crippen LogP contribution is -2.01. The second-order valence-electron chi connectivity index (χ2n) is 7.87. The fourth-order valence-corrected chi connectivity index (χ4v) is 2.81. The molecule has 0 fully saturated rings. The van der Waals surface area contributed by atoms with Gasteiger partial charge >= 0.3 is 0 Å². The monoisotopic (exact) mass is 374 g/mol. The van der Waals surface area contributed by atoms with Gasteiger partial charge in [-0.3, -0.25) is 4.79 Å². The Balaban J connectivity index is 3.98. The minimum absolute atomic E-state index is 0.292. The van der Waals surface area contributed by atoms with E-state index < -0.39 is 0 Å². The van der Waals surface area contributed by atoms with Gasteiger partial charge < -0.3 is 4.74 Å². The molecule has 0 aliphatic heterocycles. The van der Waals surface area contributed by atoms with Crippen molar-refractivity contribution in [1.29, 1.82) is 0 Å². The topological polar surface area (TPSA) is 26.3 Å². The SMILES string of the molecule is COCCC(=O)CC/C=C(\C)CC/C=C(\C)CC/C=C(\C)CCC=C(C)C. The van der Waals surface area contributed by atoms with E-state index in [0.717, 1.165) is 38.5 Å². The number of methoxy groups -OCH3 is 1. The molecule has 0 aromatic rings. The highest BCUT2D eigenvalue weighted by Gasteiger charge is 2.00. The maximum atomic E-state index is 11.6. The Hall–Kier alpha value is -1.41. The molecule has 0 amide bonds. The fraction of sp³-hybridized carbons (Fsp3) is 0.640. The zero-order valence-corrected chi connectivity index (χ0v) is 18.7. The molecule has 0 unspecified atom stereocenters. The summed E-state index contributed by atoms with van der Waals surface area (Å²) in [6.45, 7) is 11.5. The first kappa shape index (κ1) is 25.6. The number of carbonyl (C=O) groups is 1. The van der Waals surface area contributed by atoms with Crippen molar-refractivity contribution in [3.8, 4) is 0 Å². The summed E-state index contributed by atoms with van der Waals surface area (Å²) in [6.07, 6.45) is 18.1. The minimum Gasteiger partial charge on any atom is -0.384 e. The molecular formula is C25H42O2. The number of ether oxygens (including phenoxy) is 1. The molecule has 27 heavy (non-hydrogen) atoms. The summed E-state index contributed by atoms with van der Waals surface area (Å²) >= 11 is 0. The van der Waals surface area contributed by atoms with E-state index in [9.17, 15) is 4.79 Å². The van der Waals surface area contributed by atoms with Crippen LogP contribution in [0, 0.1) is 0 Å². The van der Waals surface area contributed by atoms with E-state index in [1.165, 1.54) is 28.7 Å². The van der Waals surface area contributed by atoms with E-state index in [0.29, 0.717) is 25.2 Å². The number of hydrogen-bond acceptors (Lipinski definition) is 2. The van der Waals surface area contributed by atoms with Crippen LogP contribution in [0.4, 0.5) is 0 Å². The number of allylic oxidation sites excluding steroid dienone is 8. The van der Waals surface area contributed by atoms with Crippen LogP contribution in [0.1, 0.15) is 92.4 Å². The lowest BCUT2D eigenvalue weighted by atomic mass is 10.0. The lowest BCUT2D eigenvalue weighted by molar-refractivity contribution is -0.119. The van der Waals surface area contributed by atoms with Crippen molar-refractivity contribution in [3.05, 3.63) is 46.6 Å². The summed E-state index contributed by atoms with van der Waals surface area (Å²) in [7, 11) is 1.64. The van der Waals surface area contributed by atoms with Crippen LogP contribution in [0.3, 0.4) is 0 Å². The molecule has 2 nitrogen and oxygen atoms in total. The normalized spacial score (nSPS) is 13.0. The summed E-state index contributed by atoms with van der Waals surface area (Å²) in [5, 5.41) is 0. The van der Waals surface area contributed by atoms with Crippen molar-refractivity contribution < 1.29 is 9.53 Å². The predicted octanol–water partition coefficient (Wildman–Crippen LogP) is 7.52. The van der Waals surface area contributed by atoms with Crippen LogP contribution < -0.4 is 0 Å². The van der Waals surface area contributed by atoms with Crippen molar-refractivity contribution in [2.24, 2.45) is 0 Å². The first-order valence-corrected chi connectivity index (χ1v) is 10.5. The molecule has 0 rings (SSSR count). The third kappa shape index (κ3) is 17.7. The highest BCUT2D eigenvalue weighted by atomic mass is 16.5. The Bertz CT molecular complexity index is 529. The molecule has 0 aromatic carbocycles. The van der Waals surface area contributed by atoms with Crippen molar-refractivity contribution in [1.82, 2.24) is 0 Å². The number of rotatable bonds is 15. The van der Waals surface area contributed by atoms with Crippen molar-refractivity contribution in [2.75, 3.05) is 13.7 Å². The van der Waals surface area contributed by atoms with Crippen LogP contribution in [0.25, 0.3) is 0 Å². The molecule has 0 saturated heterocycles.